The highest BCUT2D eigenvalue weighted by Gasteiger charge is 2.22. The standard InChI is InChI=1S/C17H27N3OS/c1-3-19-7-9-20(10-8-19)13(2)12-18-17(21)16-11-14-5-4-6-15(14)22-16/h11,13H,3-10,12H2,1-2H3,(H,18,21). The first kappa shape index (κ1) is 16.0. The molecule has 1 unspecified atom stereocenters. The summed E-state index contributed by atoms with van der Waals surface area (Å²) < 4.78 is 0. The van der Waals surface area contributed by atoms with Crippen LogP contribution in [0.3, 0.4) is 0 Å². The van der Waals surface area contributed by atoms with E-state index in [4.69, 9.17) is 0 Å². The van der Waals surface area contributed by atoms with Gasteiger partial charge in [-0.2, -0.15) is 0 Å². The SMILES string of the molecule is CCN1CCN(C(C)CNC(=O)c2cc3c(s2)CCC3)CC1. The summed E-state index contributed by atoms with van der Waals surface area (Å²) in [5, 5.41) is 3.13. The van der Waals surface area contributed by atoms with Crippen LogP contribution in [0.2, 0.25) is 0 Å². The van der Waals surface area contributed by atoms with Crippen LogP contribution in [0.1, 0.15) is 40.4 Å². The van der Waals surface area contributed by atoms with Crippen LogP contribution in [0, 0.1) is 0 Å². The monoisotopic (exact) mass is 321 g/mol. The zero-order chi connectivity index (χ0) is 15.5. The molecule has 1 aromatic heterocycles. The smallest absolute Gasteiger partial charge is 0.261 e. The molecule has 1 N–H and O–H groups in total. The maximum Gasteiger partial charge on any atom is 0.261 e. The van der Waals surface area contributed by atoms with E-state index in [0.717, 1.165) is 57.0 Å². The van der Waals surface area contributed by atoms with Crippen molar-refractivity contribution in [3.05, 3.63) is 21.4 Å². The minimum atomic E-state index is 0.110. The second-order valence-electron chi connectivity index (χ2n) is 6.44. The number of nitrogens with zero attached hydrogens (tertiary/aromatic N) is 2. The van der Waals surface area contributed by atoms with Crippen molar-refractivity contribution in [2.45, 2.75) is 39.2 Å². The Labute approximate surface area is 137 Å². The summed E-state index contributed by atoms with van der Waals surface area (Å²) >= 11 is 1.69. The Hall–Kier alpha value is -0.910. The van der Waals surface area contributed by atoms with Gasteiger partial charge in [0.05, 0.1) is 4.88 Å². The van der Waals surface area contributed by atoms with Gasteiger partial charge >= 0.3 is 0 Å². The molecule has 0 spiro atoms. The number of likely N-dealkylation sites (N-methyl/N-ethyl adjacent to an activating group) is 1. The number of thiophene rings is 1. The highest BCUT2D eigenvalue weighted by Crippen LogP contribution is 2.30. The molecule has 0 saturated carbocycles. The molecule has 4 nitrogen and oxygen atoms in total. The number of hydrogen-bond donors (Lipinski definition) is 1. The van der Waals surface area contributed by atoms with E-state index < -0.39 is 0 Å². The predicted octanol–water partition coefficient (Wildman–Crippen LogP) is 1.99. The molecule has 1 amide bonds. The summed E-state index contributed by atoms with van der Waals surface area (Å²) in [5.41, 5.74) is 1.40. The van der Waals surface area contributed by atoms with Gasteiger partial charge in [-0.05, 0) is 44.4 Å². The summed E-state index contributed by atoms with van der Waals surface area (Å²) in [5.74, 6) is 0.110. The second kappa shape index (κ2) is 7.11. The van der Waals surface area contributed by atoms with E-state index in [1.165, 1.54) is 16.9 Å². The molecule has 1 aromatic rings. The maximum atomic E-state index is 12.3. The number of nitrogens with one attached hydrogen (secondary N) is 1. The third kappa shape index (κ3) is 3.53. The number of hydrogen-bond acceptors (Lipinski definition) is 4. The van der Waals surface area contributed by atoms with E-state index in [2.05, 4.69) is 35.0 Å². The maximum absolute atomic E-state index is 12.3. The van der Waals surface area contributed by atoms with Gasteiger partial charge in [0.15, 0.2) is 0 Å². The number of rotatable bonds is 5. The van der Waals surface area contributed by atoms with Crippen molar-refractivity contribution in [3.63, 3.8) is 0 Å². The van der Waals surface area contributed by atoms with Crippen LogP contribution in [0.4, 0.5) is 0 Å². The summed E-state index contributed by atoms with van der Waals surface area (Å²) in [6.07, 6.45) is 3.56. The fourth-order valence-electron chi connectivity index (χ4n) is 3.42. The molecule has 122 valence electrons. The lowest BCUT2D eigenvalue weighted by Gasteiger charge is -2.37. The molecule has 1 fully saturated rings. The second-order valence-corrected chi connectivity index (χ2v) is 7.58. The third-order valence-corrected chi connectivity index (χ3v) is 6.24. The zero-order valence-corrected chi connectivity index (χ0v) is 14.5. The van der Waals surface area contributed by atoms with Gasteiger partial charge in [0.1, 0.15) is 0 Å². The van der Waals surface area contributed by atoms with Gasteiger partial charge in [-0.1, -0.05) is 6.92 Å². The molecule has 2 heterocycles. The lowest BCUT2D eigenvalue weighted by Crippen LogP contribution is -2.52. The van der Waals surface area contributed by atoms with Gasteiger partial charge in [0, 0.05) is 43.6 Å². The van der Waals surface area contributed by atoms with E-state index in [0.29, 0.717) is 6.04 Å². The van der Waals surface area contributed by atoms with Gasteiger partial charge in [-0.15, -0.1) is 11.3 Å². The molecule has 1 aliphatic carbocycles. The van der Waals surface area contributed by atoms with E-state index in [-0.39, 0.29) is 5.91 Å². The van der Waals surface area contributed by atoms with Crippen LogP contribution in [0.25, 0.3) is 0 Å². The van der Waals surface area contributed by atoms with Crippen LogP contribution in [0.15, 0.2) is 6.07 Å². The first-order chi connectivity index (χ1) is 10.7. The van der Waals surface area contributed by atoms with Gasteiger partial charge in [0.2, 0.25) is 0 Å². The van der Waals surface area contributed by atoms with Crippen molar-refractivity contribution < 1.29 is 4.79 Å². The number of carbonyl (C=O) groups excluding carboxylic acids is 1. The molecule has 0 radical (unpaired) electrons. The highest BCUT2D eigenvalue weighted by molar-refractivity contribution is 7.14. The Kier molecular flexibility index (Phi) is 5.16. The lowest BCUT2D eigenvalue weighted by molar-refractivity contribution is 0.0886. The Balaban J connectivity index is 1.46. The molecular weight excluding hydrogens is 294 g/mol. The molecule has 2 aliphatic rings. The predicted molar refractivity (Wildman–Crippen MR) is 91.8 cm³/mol. The fourth-order valence-corrected chi connectivity index (χ4v) is 4.59. The Morgan fingerprint density at radius 3 is 2.77 bits per heavy atom. The Morgan fingerprint density at radius 2 is 2.09 bits per heavy atom. The van der Waals surface area contributed by atoms with Crippen molar-refractivity contribution in [2.24, 2.45) is 0 Å². The highest BCUT2D eigenvalue weighted by atomic mass is 32.1. The average Bonchev–Trinajstić information content (AvgIpc) is 3.14. The van der Waals surface area contributed by atoms with Gasteiger partial charge in [0.25, 0.3) is 5.91 Å². The fraction of sp³-hybridized carbons (Fsp3) is 0.706. The minimum absolute atomic E-state index is 0.110. The average molecular weight is 321 g/mol. The summed E-state index contributed by atoms with van der Waals surface area (Å²) in [7, 11) is 0. The largest absolute Gasteiger partial charge is 0.350 e. The van der Waals surface area contributed by atoms with Crippen LogP contribution >= 0.6 is 11.3 Å². The molecule has 22 heavy (non-hydrogen) atoms. The molecule has 3 rings (SSSR count). The summed E-state index contributed by atoms with van der Waals surface area (Å²) in [4.78, 5) is 19.6. The topological polar surface area (TPSA) is 35.6 Å². The molecular formula is C17H27N3OS. The Morgan fingerprint density at radius 1 is 1.32 bits per heavy atom. The van der Waals surface area contributed by atoms with E-state index in [1.807, 2.05) is 0 Å². The van der Waals surface area contributed by atoms with E-state index in [1.54, 1.807) is 11.3 Å². The van der Waals surface area contributed by atoms with Crippen molar-refractivity contribution in [3.8, 4) is 0 Å². The molecule has 0 aromatic carbocycles. The summed E-state index contributed by atoms with van der Waals surface area (Å²) in [6, 6.07) is 2.52. The number of carbonyl (C=O) groups is 1. The molecule has 5 heteroatoms. The summed E-state index contributed by atoms with van der Waals surface area (Å²) in [6.45, 7) is 10.8. The van der Waals surface area contributed by atoms with Crippen molar-refractivity contribution >= 4 is 17.2 Å². The Bertz CT molecular complexity index is 498. The number of aryl methyl sites for hydroxylation is 2. The number of fused-ring (bicyclic) bond motifs is 1. The van der Waals surface area contributed by atoms with Crippen molar-refractivity contribution in [1.29, 1.82) is 0 Å². The van der Waals surface area contributed by atoms with Gasteiger partial charge in [-0.3, -0.25) is 9.69 Å². The first-order valence-electron chi connectivity index (χ1n) is 8.53. The van der Waals surface area contributed by atoms with Crippen molar-refractivity contribution in [1.82, 2.24) is 15.1 Å². The third-order valence-electron chi connectivity index (χ3n) is 5.01. The first-order valence-corrected chi connectivity index (χ1v) is 9.35. The van der Waals surface area contributed by atoms with Crippen LogP contribution in [-0.2, 0) is 12.8 Å². The molecule has 1 atom stereocenters. The zero-order valence-electron chi connectivity index (χ0n) is 13.7. The van der Waals surface area contributed by atoms with Crippen LogP contribution < -0.4 is 5.32 Å². The molecule has 1 saturated heterocycles. The molecule has 0 bridgehead atoms. The minimum Gasteiger partial charge on any atom is -0.350 e. The molecule has 1 aliphatic heterocycles. The van der Waals surface area contributed by atoms with E-state index >= 15 is 0 Å². The van der Waals surface area contributed by atoms with Crippen LogP contribution in [0.5, 0.6) is 0 Å². The van der Waals surface area contributed by atoms with Gasteiger partial charge < -0.3 is 10.2 Å². The quantitative estimate of drug-likeness (QED) is 0.901. The lowest BCUT2D eigenvalue weighted by atomic mass is 10.2. The van der Waals surface area contributed by atoms with E-state index in [9.17, 15) is 4.79 Å². The number of amides is 1. The van der Waals surface area contributed by atoms with Crippen molar-refractivity contribution in [2.75, 3.05) is 39.3 Å². The van der Waals surface area contributed by atoms with Gasteiger partial charge in [-0.25, -0.2) is 0 Å². The number of piperazine rings is 1. The van der Waals surface area contributed by atoms with Crippen LogP contribution in [-0.4, -0.2) is 61.0 Å². The normalized spacial score (nSPS) is 20.8.